The molecule has 2 aromatic heterocycles. The number of carbonyl (C=O) groups is 1. The summed E-state index contributed by atoms with van der Waals surface area (Å²) < 4.78 is 18.7. The van der Waals surface area contributed by atoms with E-state index >= 15 is 0 Å². The van der Waals surface area contributed by atoms with E-state index in [-0.39, 0.29) is 23.0 Å². The fraction of sp³-hybridized carbons (Fsp3) is 0.426. The predicted octanol–water partition coefficient (Wildman–Crippen LogP) is 7.54. The first-order valence-electron chi connectivity index (χ1n) is 22.1. The smallest absolute Gasteiger partial charge is 0.253 e. The second-order valence-corrected chi connectivity index (χ2v) is 17.2. The zero-order valence-corrected chi connectivity index (χ0v) is 33.7. The summed E-state index contributed by atoms with van der Waals surface area (Å²) in [6.45, 7) is 9.71. The van der Waals surface area contributed by atoms with Crippen LogP contribution in [0, 0.1) is 12.3 Å². The summed E-state index contributed by atoms with van der Waals surface area (Å²) in [7, 11) is 0. The largest absolute Gasteiger partial charge is 0.507 e. The molecule has 6 heterocycles. The van der Waals surface area contributed by atoms with E-state index in [2.05, 4.69) is 91.2 Å². The van der Waals surface area contributed by atoms with Crippen LogP contribution in [-0.2, 0) is 0 Å². The first-order valence-corrected chi connectivity index (χ1v) is 21.0. The van der Waals surface area contributed by atoms with Crippen LogP contribution in [0.25, 0.3) is 22.2 Å². The fourth-order valence-corrected chi connectivity index (χ4v) is 9.82. The molecule has 0 radical (unpaired) electrons. The van der Waals surface area contributed by atoms with Crippen molar-refractivity contribution in [3.05, 3.63) is 108 Å². The van der Waals surface area contributed by atoms with Crippen LogP contribution in [0.5, 0.6) is 5.75 Å². The van der Waals surface area contributed by atoms with Crippen molar-refractivity contribution in [2.24, 2.45) is 5.41 Å². The van der Waals surface area contributed by atoms with Gasteiger partial charge in [-0.25, -0.2) is 0 Å². The van der Waals surface area contributed by atoms with E-state index in [1.165, 1.54) is 16.5 Å². The number of para-hydroxylation sites is 1. The van der Waals surface area contributed by atoms with Crippen LogP contribution in [-0.4, -0.2) is 94.6 Å². The maximum atomic E-state index is 13.9. The van der Waals surface area contributed by atoms with Crippen LogP contribution in [0.1, 0.15) is 81.6 Å². The minimum Gasteiger partial charge on any atom is -0.507 e. The summed E-state index contributed by atoms with van der Waals surface area (Å²) in [4.78, 5) is 22.7. The molecule has 4 N–H and O–H groups in total. The van der Waals surface area contributed by atoms with E-state index in [0.29, 0.717) is 23.1 Å². The number of rotatable bonds is 8. The van der Waals surface area contributed by atoms with E-state index in [0.717, 1.165) is 107 Å². The molecule has 302 valence electrons. The van der Waals surface area contributed by atoms with Gasteiger partial charge in [-0.05, 0) is 117 Å². The van der Waals surface area contributed by atoms with Crippen LogP contribution in [0.3, 0.4) is 0 Å². The molecule has 5 aromatic rings. The van der Waals surface area contributed by atoms with Crippen molar-refractivity contribution in [2.75, 3.05) is 74.5 Å². The molecule has 0 saturated carbocycles. The summed E-state index contributed by atoms with van der Waals surface area (Å²) in [6, 6.07) is 24.4. The van der Waals surface area contributed by atoms with Crippen LogP contribution in [0.2, 0.25) is 0 Å². The Morgan fingerprint density at radius 2 is 1.81 bits per heavy atom. The van der Waals surface area contributed by atoms with Crippen molar-refractivity contribution in [1.29, 1.82) is 0 Å². The number of nitrogen functional groups attached to an aromatic ring is 1. The quantitative estimate of drug-likeness (QED) is 0.147. The molecular weight excluding hydrogens is 723 g/mol. The predicted molar refractivity (Wildman–Crippen MR) is 233 cm³/mol. The zero-order valence-electron chi connectivity index (χ0n) is 35.7. The van der Waals surface area contributed by atoms with Gasteiger partial charge in [0.1, 0.15) is 5.75 Å². The maximum Gasteiger partial charge on any atom is 0.253 e. The Kier molecular flexibility index (Phi) is 9.92. The lowest BCUT2D eigenvalue weighted by Crippen LogP contribution is -2.48. The number of amides is 1. The molecule has 9 rings (SSSR count). The number of aryl methyl sites for hydroxylation is 1. The normalized spacial score (nSPS) is 23.6. The molecule has 0 aliphatic carbocycles. The molecule has 3 aromatic carbocycles. The third-order valence-corrected chi connectivity index (χ3v) is 13.2. The second kappa shape index (κ2) is 16.1. The van der Waals surface area contributed by atoms with Gasteiger partial charge in [0, 0.05) is 106 Å². The maximum absolute atomic E-state index is 13.9. The highest BCUT2D eigenvalue weighted by Crippen LogP contribution is 2.38. The third-order valence-electron chi connectivity index (χ3n) is 13.2. The number of carbonyl (C=O) groups excluding carboxylic acids is 1. The lowest BCUT2D eigenvalue weighted by atomic mass is 9.79. The molecular formula is C47H57N9O2. The SMILES string of the molecule is [2H]C1C=CN(c2ccc3c(ccn3C3CCN(CC4(C)CCN(C(=O)c5ccc(C6CCCN(c7cc(-c8ccccc8O)nnc7N)C6)c(C)c5)CC4)CC3)c2)[C@H]([2H])N1. The minimum atomic E-state index is -0.675. The van der Waals surface area contributed by atoms with Gasteiger partial charge in [-0.1, -0.05) is 31.2 Å². The Morgan fingerprint density at radius 1 is 0.983 bits per heavy atom. The van der Waals surface area contributed by atoms with Gasteiger partial charge in [0.2, 0.25) is 0 Å². The molecule has 58 heavy (non-hydrogen) atoms. The van der Waals surface area contributed by atoms with Gasteiger partial charge in [-0.2, -0.15) is 0 Å². The van der Waals surface area contributed by atoms with E-state index in [4.69, 9.17) is 8.48 Å². The molecule has 11 nitrogen and oxygen atoms in total. The first kappa shape index (κ1) is 35.7. The lowest BCUT2D eigenvalue weighted by molar-refractivity contribution is 0.0461. The number of benzene rings is 3. The number of anilines is 3. The molecule has 2 unspecified atom stereocenters. The van der Waals surface area contributed by atoms with E-state index in [1.807, 2.05) is 35.4 Å². The minimum absolute atomic E-state index is 0.126. The fourth-order valence-electron chi connectivity index (χ4n) is 9.82. The van der Waals surface area contributed by atoms with Crippen molar-refractivity contribution >= 4 is 34.0 Å². The Morgan fingerprint density at radius 3 is 2.60 bits per heavy atom. The molecule has 1 amide bonds. The monoisotopic (exact) mass is 781 g/mol. The average Bonchev–Trinajstić information content (AvgIpc) is 3.68. The molecule has 4 aliphatic heterocycles. The van der Waals surface area contributed by atoms with Crippen LogP contribution >= 0.6 is 0 Å². The molecule has 0 spiro atoms. The van der Waals surface area contributed by atoms with Gasteiger partial charge in [0.15, 0.2) is 5.82 Å². The Labute approximate surface area is 344 Å². The number of hydrogen-bond acceptors (Lipinski definition) is 9. The summed E-state index contributed by atoms with van der Waals surface area (Å²) in [5.74, 6) is 0.956. The van der Waals surface area contributed by atoms with Crippen molar-refractivity contribution in [3.8, 4) is 17.0 Å². The summed E-state index contributed by atoms with van der Waals surface area (Å²) in [5.41, 5.74) is 14.0. The van der Waals surface area contributed by atoms with E-state index in [9.17, 15) is 9.90 Å². The van der Waals surface area contributed by atoms with Gasteiger partial charge in [0.25, 0.3) is 5.91 Å². The lowest BCUT2D eigenvalue weighted by Gasteiger charge is -2.44. The Balaban J connectivity index is 0.776. The van der Waals surface area contributed by atoms with Crippen LogP contribution in [0.4, 0.5) is 17.2 Å². The number of fused-ring (bicyclic) bond motifs is 1. The van der Waals surface area contributed by atoms with Crippen LogP contribution < -0.4 is 20.9 Å². The number of hydrogen-bond donors (Lipinski definition) is 3. The highest BCUT2D eigenvalue weighted by Gasteiger charge is 2.35. The number of nitrogens with one attached hydrogen (secondary N) is 1. The average molecular weight is 782 g/mol. The summed E-state index contributed by atoms with van der Waals surface area (Å²) in [6.07, 6.45) is 12.1. The van der Waals surface area contributed by atoms with Crippen molar-refractivity contribution in [1.82, 2.24) is 29.9 Å². The molecule has 4 aliphatic rings. The molecule has 3 fully saturated rings. The summed E-state index contributed by atoms with van der Waals surface area (Å²) in [5, 5.41) is 23.1. The van der Waals surface area contributed by atoms with Gasteiger partial charge < -0.3 is 35.0 Å². The molecule has 3 atom stereocenters. The summed E-state index contributed by atoms with van der Waals surface area (Å²) >= 11 is 0. The van der Waals surface area contributed by atoms with Gasteiger partial charge in [0.05, 0.1) is 19.4 Å². The van der Waals surface area contributed by atoms with E-state index in [1.54, 1.807) is 18.2 Å². The highest BCUT2D eigenvalue weighted by atomic mass is 16.3. The number of nitrogens with two attached hydrogens (primary N) is 1. The number of likely N-dealkylation sites (tertiary alicyclic amines) is 2. The zero-order chi connectivity index (χ0) is 41.5. The number of nitrogens with zero attached hydrogens (tertiary/aromatic N) is 7. The van der Waals surface area contributed by atoms with Crippen molar-refractivity contribution in [2.45, 2.75) is 64.3 Å². The Bertz CT molecular complexity index is 2390. The number of phenols is 1. The van der Waals surface area contributed by atoms with E-state index < -0.39 is 13.2 Å². The third kappa shape index (κ3) is 7.77. The van der Waals surface area contributed by atoms with Gasteiger partial charge >= 0.3 is 0 Å². The number of aromatic hydroxyl groups is 1. The topological polar surface area (TPSA) is 119 Å². The highest BCUT2D eigenvalue weighted by molar-refractivity contribution is 5.94. The standard InChI is InChI=1S/C47H57N9O2/c1-33-27-35(10-12-39(33)36-7-5-20-54(30-36)43-29-41(50-51-45(43)48)40-8-3-4-9-44(40)57)46(58)53-25-17-47(2,18-26-53)31-52-22-15-37(16-23-52)56-24-14-34-28-38(11-13-42(34)56)55-21-6-19-49-32-55/h3-4,6,8-14,21,24,27-29,36-37,49,57H,5,7,15-20,22-23,25-26,30-32H2,1-2H3,(H2,48,51)/i19D,32D/t19?,32-,36?/m1/s1. The second-order valence-electron chi connectivity index (χ2n) is 17.2. The Hall–Kier alpha value is -5.39. The van der Waals surface area contributed by atoms with Gasteiger partial charge in [-0.3, -0.25) is 10.1 Å². The number of piperidine rings is 3. The molecule has 0 bridgehead atoms. The molecule has 11 heteroatoms. The first-order chi connectivity index (χ1) is 29.0. The number of aromatic nitrogens is 3. The van der Waals surface area contributed by atoms with Crippen LogP contribution in [0.15, 0.2) is 91.3 Å². The van der Waals surface area contributed by atoms with Crippen molar-refractivity contribution < 1.29 is 12.6 Å². The van der Waals surface area contributed by atoms with Gasteiger partial charge in [-0.15, -0.1) is 10.2 Å². The molecule has 3 saturated heterocycles. The number of phenolic OH excluding ortho intramolecular Hbond substituents is 1. The van der Waals surface area contributed by atoms with Crippen molar-refractivity contribution in [3.63, 3.8) is 0 Å².